The second-order valence-electron chi connectivity index (χ2n) is 3.69. The van der Waals surface area contributed by atoms with Gasteiger partial charge in [-0.3, -0.25) is 9.78 Å². The molecule has 2 aromatic heterocycles. The number of hydrogen-bond donors (Lipinski definition) is 4. The van der Waals surface area contributed by atoms with E-state index in [1.807, 2.05) is 0 Å². The Morgan fingerprint density at radius 1 is 1.59 bits per heavy atom. The van der Waals surface area contributed by atoms with Crippen molar-refractivity contribution in [2.75, 3.05) is 12.3 Å². The van der Waals surface area contributed by atoms with Crippen LogP contribution in [0, 0.1) is 0 Å². The first kappa shape index (κ1) is 11.6. The van der Waals surface area contributed by atoms with Gasteiger partial charge in [0.2, 0.25) is 5.95 Å². The standard InChI is InChI=1S/C9H13N5O3/c10-9-12-7-6(8(17)13-9)11-4-14(7)2-1-5(16)3-15/h4-5,15-16H,1-3H2,(H3,10,12,13,17)/t5-/m1/s1. The number of aliphatic hydroxyl groups excluding tert-OH is 2. The van der Waals surface area contributed by atoms with Crippen LogP contribution in [0.5, 0.6) is 0 Å². The lowest BCUT2D eigenvalue weighted by atomic mass is 10.3. The van der Waals surface area contributed by atoms with Gasteiger partial charge in [0, 0.05) is 6.54 Å². The highest BCUT2D eigenvalue weighted by molar-refractivity contribution is 5.70. The molecule has 2 heterocycles. The molecule has 0 aromatic carbocycles. The normalized spacial score (nSPS) is 13.1. The number of nitrogen functional groups attached to an aromatic ring is 1. The van der Waals surface area contributed by atoms with Crippen molar-refractivity contribution >= 4 is 17.1 Å². The molecule has 0 fully saturated rings. The molecule has 0 aliphatic rings. The van der Waals surface area contributed by atoms with Crippen molar-refractivity contribution in [3.8, 4) is 0 Å². The Kier molecular flexibility index (Phi) is 3.07. The summed E-state index contributed by atoms with van der Waals surface area (Å²) in [5, 5.41) is 17.9. The Bertz CT molecular complexity index is 576. The summed E-state index contributed by atoms with van der Waals surface area (Å²) in [7, 11) is 0. The second-order valence-corrected chi connectivity index (χ2v) is 3.69. The van der Waals surface area contributed by atoms with Gasteiger partial charge in [-0.25, -0.2) is 4.98 Å². The van der Waals surface area contributed by atoms with Crippen LogP contribution < -0.4 is 11.3 Å². The van der Waals surface area contributed by atoms with Gasteiger partial charge in [0.25, 0.3) is 5.56 Å². The number of imidazole rings is 1. The highest BCUT2D eigenvalue weighted by atomic mass is 16.3. The van der Waals surface area contributed by atoms with Gasteiger partial charge in [-0.05, 0) is 6.42 Å². The van der Waals surface area contributed by atoms with Crippen molar-refractivity contribution in [3.63, 3.8) is 0 Å². The average Bonchev–Trinajstić information content (AvgIpc) is 2.69. The second kappa shape index (κ2) is 4.52. The Morgan fingerprint density at radius 2 is 2.35 bits per heavy atom. The molecule has 8 nitrogen and oxygen atoms in total. The van der Waals surface area contributed by atoms with Crippen LogP contribution in [-0.4, -0.2) is 42.4 Å². The highest BCUT2D eigenvalue weighted by Gasteiger charge is 2.10. The lowest BCUT2D eigenvalue weighted by molar-refractivity contribution is 0.0848. The Balaban J connectivity index is 2.33. The van der Waals surface area contributed by atoms with E-state index in [-0.39, 0.29) is 18.1 Å². The zero-order chi connectivity index (χ0) is 12.4. The van der Waals surface area contributed by atoms with E-state index in [0.29, 0.717) is 18.6 Å². The topological polar surface area (TPSA) is 130 Å². The molecule has 0 unspecified atom stereocenters. The van der Waals surface area contributed by atoms with E-state index in [1.54, 1.807) is 4.57 Å². The van der Waals surface area contributed by atoms with E-state index in [0.717, 1.165) is 0 Å². The Morgan fingerprint density at radius 3 is 3.06 bits per heavy atom. The van der Waals surface area contributed by atoms with Gasteiger partial charge in [0.05, 0.1) is 19.0 Å². The molecule has 1 atom stereocenters. The number of rotatable bonds is 4. The fourth-order valence-corrected chi connectivity index (χ4v) is 1.51. The van der Waals surface area contributed by atoms with Gasteiger partial charge in [-0.1, -0.05) is 0 Å². The van der Waals surface area contributed by atoms with E-state index in [2.05, 4.69) is 15.0 Å². The van der Waals surface area contributed by atoms with Gasteiger partial charge >= 0.3 is 0 Å². The first-order chi connectivity index (χ1) is 8.11. The number of nitrogens with zero attached hydrogens (tertiary/aromatic N) is 3. The maximum atomic E-state index is 11.5. The summed E-state index contributed by atoms with van der Waals surface area (Å²) in [5.74, 6) is 0.0203. The predicted molar refractivity (Wildman–Crippen MR) is 60.3 cm³/mol. The third kappa shape index (κ3) is 2.27. The molecule has 2 aromatic rings. The molecule has 0 saturated carbocycles. The third-order valence-corrected chi connectivity index (χ3v) is 2.41. The van der Waals surface area contributed by atoms with Crippen LogP contribution in [0.4, 0.5) is 5.95 Å². The van der Waals surface area contributed by atoms with Crippen LogP contribution in [0.25, 0.3) is 11.2 Å². The van der Waals surface area contributed by atoms with Crippen molar-refractivity contribution in [2.24, 2.45) is 0 Å². The summed E-state index contributed by atoms with van der Waals surface area (Å²) >= 11 is 0. The minimum Gasteiger partial charge on any atom is -0.394 e. The molecular formula is C9H13N5O3. The maximum absolute atomic E-state index is 11.5. The van der Waals surface area contributed by atoms with Gasteiger partial charge in [-0.15, -0.1) is 0 Å². The van der Waals surface area contributed by atoms with Crippen LogP contribution in [0.2, 0.25) is 0 Å². The Hall–Kier alpha value is -1.93. The van der Waals surface area contributed by atoms with E-state index in [9.17, 15) is 9.90 Å². The summed E-state index contributed by atoms with van der Waals surface area (Å²) in [6.45, 7) is 0.0941. The van der Waals surface area contributed by atoms with Crippen LogP contribution in [0.15, 0.2) is 11.1 Å². The summed E-state index contributed by atoms with van der Waals surface area (Å²) in [6.07, 6.45) is 0.999. The summed E-state index contributed by atoms with van der Waals surface area (Å²) in [6, 6.07) is 0. The number of H-pyrrole nitrogens is 1. The van der Waals surface area contributed by atoms with E-state index in [1.165, 1.54) is 6.33 Å². The molecule has 17 heavy (non-hydrogen) atoms. The molecule has 0 bridgehead atoms. The molecule has 0 aliphatic carbocycles. The van der Waals surface area contributed by atoms with Gasteiger partial charge in [0.1, 0.15) is 0 Å². The monoisotopic (exact) mass is 239 g/mol. The van der Waals surface area contributed by atoms with Crippen molar-refractivity contribution in [1.82, 2.24) is 19.5 Å². The summed E-state index contributed by atoms with van der Waals surface area (Å²) < 4.78 is 1.61. The van der Waals surface area contributed by atoms with Crippen molar-refractivity contribution in [1.29, 1.82) is 0 Å². The molecule has 0 spiro atoms. The van der Waals surface area contributed by atoms with Gasteiger partial charge in [0.15, 0.2) is 11.2 Å². The van der Waals surface area contributed by atoms with Crippen LogP contribution in [0.1, 0.15) is 6.42 Å². The highest BCUT2D eigenvalue weighted by Crippen LogP contribution is 2.07. The largest absolute Gasteiger partial charge is 0.394 e. The van der Waals surface area contributed by atoms with Gasteiger partial charge in [-0.2, -0.15) is 4.98 Å². The minimum atomic E-state index is -0.799. The van der Waals surface area contributed by atoms with Crippen molar-refractivity contribution < 1.29 is 10.2 Å². The molecule has 0 amide bonds. The summed E-state index contributed by atoms with van der Waals surface area (Å²) in [5.41, 5.74) is 5.62. The lowest BCUT2D eigenvalue weighted by Crippen LogP contribution is -2.16. The van der Waals surface area contributed by atoms with Crippen LogP contribution in [-0.2, 0) is 6.54 Å². The minimum absolute atomic E-state index is 0.0203. The number of hydrogen-bond acceptors (Lipinski definition) is 6. The fraction of sp³-hybridized carbons (Fsp3) is 0.444. The molecule has 0 saturated heterocycles. The number of anilines is 1. The van der Waals surface area contributed by atoms with E-state index in [4.69, 9.17) is 10.8 Å². The first-order valence-electron chi connectivity index (χ1n) is 5.11. The third-order valence-electron chi connectivity index (χ3n) is 2.41. The van der Waals surface area contributed by atoms with Crippen molar-refractivity contribution in [3.05, 3.63) is 16.7 Å². The smallest absolute Gasteiger partial charge is 0.280 e. The number of aliphatic hydroxyl groups is 2. The first-order valence-corrected chi connectivity index (χ1v) is 5.11. The average molecular weight is 239 g/mol. The molecule has 92 valence electrons. The molecule has 0 radical (unpaired) electrons. The summed E-state index contributed by atoms with van der Waals surface area (Å²) in [4.78, 5) is 21.7. The lowest BCUT2D eigenvalue weighted by Gasteiger charge is -2.07. The predicted octanol–water partition coefficient (Wildman–Crippen LogP) is -1.55. The molecule has 5 N–H and O–H groups in total. The van der Waals surface area contributed by atoms with E-state index >= 15 is 0 Å². The maximum Gasteiger partial charge on any atom is 0.280 e. The zero-order valence-corrected chi connectivity index (χ0v) is 9.00. The number of fused-ring (bicyclic) bond motifs is 1. The number of nitrogens with two attached hydrogens (primary N) is 1. The van der Waals surface area contributed by atoms with E-state index < -0.39 is 11.7 Å². The quantitative estimate of drug-likeness (QED) is 0.510. The number of aromatic nitrogens is 4. The molecular weight excluding hydrogens is 226 g/mol. The van der Waals surface area contributed by atoms with Crippen molar-refractivity contribution in [2.45, 2.75) is 19.1 Å². The van der Waals surface area contributed by atoms with Crippen LogP contribution in [0.3, 0.4) is 0 Å². The number of aromatic amines is 1. The molecule has 0 aliphatic heterocycles. The zero-order valence-electron chi connectivity index (χ0n) is 9.00. The van der Waals surface area contributed by atoms with Crippen LogP contribution >= 0.6 is 0 Å². The van der Waals surface area contributed by atoms with Gasteiger partial charge < -0.3 is 20.5 Å². The number of nitrogens with one attached hydrogen (secondary N) is 1. The Labute approximate surface area is 95.7 Å². The molecule has 8 heteroatoms. The SMILES string of the molecule is Nc1nc2c(ncn2CC[C@@H](O)CO)c(=O)[nH]1. The number of aryl methyl sites for hydroxylation is 1. The fourth-order valence-electron chi connectivity index (χ4n) is 1.51. The molecule has 2 rings (SSSR count).